The number of hydrogen-bond acceptors (Lipinski definition) is 2. The molecule has 0 bridgehead atoms. The van der Waals surface area contributed by atoms with Crippen molar-refractivity contribution >= 4 is 0 Å². The van der Waals surface area contributed by atoms with Crippen LogP contribution in [0.25, 0.3) is 0 Å². The molecule has 1 aromatic carbocycles. The lowest BCUT2D eigenvalue weighted by Gasteiger charge is -2.13. The normalized spacial score (nSPS) is 12.9. The summed E-state index contributed by atoms with van der Waals surface area (Å²) in [5.41, 5.74) is -0.165. The summed E-state index contributed by atoms with van der Waals surface area (Å²) in [6, 6.07) is 1.90. The lowest BCUT2D eigenvalue weighted by atomic mass is 10.0. The zero-order valence-corrected chi connectivity index (χ0v) is 9.01. The number of halogens is 3. The number of ether oxygens (including phenoxy) is 1. The summed E-state index contributed by atoms with van der Waals surface area (Å²) < 4.78 is 43.0. The molecular weight excluding hydrogens is 221 g/mol. The van der Waals surface area contributed by atoms with E-state index in [4.69, 9.17) is 4.74 Å². The Morgan fingerprint density at radius 3 is 2.44 bits per heavy atom. The van der Waals surface area contributed by atoms with Crippen LogP contribution in [0.4, 0.5) is 13.2 Å². The summed E-state index contributed by atoms with van der Waals surface area (Å²) in [6.07, 6.45) is -3.42. The zero-order chi connectivity index (χ0) is 12.3. The molecule has 0 aromatic heterocycles. The Morgan fingerprint density at radius 1 is 1.38 bits per heavy atom. The first-order valence-electron chi connectivity index (χ1n) is 4.78. The van der Waals surface area contributed by atoms with E-state index in [0.29, 0.717) is 0 Å². The highest BCUT2D eigenvalue weighted by molar-refractivity contribution is 5.39. The summed E-state index contributed by atoms with van der Waals surface area (Å²) in [4.78, 5) is 0. The van der Waals surface area contributed by atoms with Crippen LogP contribution >= 0.6 is 0 Å². The summed E-state index contributed by atoms with van der Waals surface area (Å²) in [6.45, 7) is 1.49. The van der Waals surface area contributed by atoms with Gasteiger partial charge in [0.25, 0.3) is 6.43 Å². The molecule has 1 atom stereocenters. The molecule has 0 aliphatic rings. The van der Waals surface area contributed by atoms with Gasteiger partial charge in [0.05, 0.1) is 13.2 Å². The monoisotopic (exact) mass is 234 g/mol. The third-order valence-electron chi connectivity index (χ3n) is 2.11. The van der Waals surface area contributed by atoms with Crippen molar-refractivity contribution in [2.24, 2.45) is 0 Å². The van der Waals surface area contributed by atoms with Crippen LogP contribution in [0.1, 0.15) is 24.5 Å². The van der Waals surface area contributed by atoms with Crippen LogP contribution in [-0.4, -0.2) is 18.3 Å². The van der Waals surface area contributed by atoms with Gasteiger partial charge in [-0.05, 0) is 19.1 Å². The predicted molar refractivity (Wildman–Crippen MR) is 53.3 cm³/mol. The molecule has 5 heteroatoms. The predicted octanol–water partition coefficient (Wildman–Crippen LogP) is 2.70. The number of aliphatic hydroxyl groups is 1. The minimum Gasteiger partial charge on any atom is -0.493 e. The lowest BCUT2D eigenvalue weighted by molar-refractivity contribution is 0.150. The van der Waals surface area contributed by atoms with Crippen molar-refractivity contribution in [1.29, 1.82) is 0 Å². The van der Waals surface area contributed by atoms with Crippen LogP contribution in [-0.2, 0) is 6.42 Å². The first kappa shape index (κ1) is 12.8. The highest BCUT2D eigenvalue weighted by Gasteiger charge is 2.17. The van der Waals surface area contributed by atoms with E-state index >= 15 is 0 Å². The highest BCUT2D eigenvalue weighted by Crippen LogP contribution is 2.30. The first-order chi connectivity index (χ1) is 7.45. The van der Waals surface area contributed by atoms with E-state index in [1.807, 2.05) is 0 Å². The van der Waals surface area contributed by atoms with Crippen LogP contribution in [0.2, 0.25) is 0 Å². The molecule has 0 saturated carbocycles. The second-order valence-corrected chi connectivity index (χ2v) is 3.55. The first-order valence-corrected chi connectivity index (χ1v) is 4.78. The molecule has 1 rings (SSSR count). The molecule has 1 aromatic rings. The maximum Gasteiger partial charge on any atom is 0.263 e. The summed E-state index contributed by atoms with van der Waals surface area (Å²) >= 11 is 0. The second-order valence-electron chi connectivity index (χ2n) is 3.55. The van der Waals surface area contributed by atoms with Gasteiger partial charge in [-0.2, -0.15) is 0 Å². The summed E-state index contributed by atoms with van der Waals surface area (Å²) in [7, 11) is 1.26. The molecule has 0 aliphatic heterocycles. The van der Waals surface area contributed by atoms with E-state index in [1.165, 1.54) is 14.0 Å². The molecule has 1 N–H and O–H groups in total. The average molecular weight is 234 g/mol. The van der Waals surface area contributed by atoms with Crippen molar-refractivity contribution in [3.63, 3.8) is 0 Å². The van der Waals surface area contributed by atoms with Crippen LogP contribution < -0.4 is 4.74 Å². The number of aliphatic hydroxyl groups excluding tert-OH is 1. The van der Waals surface area contributed by atoms with Crippen LogP contribution in [0.3, 0.4) is 0 Å². The number of methoxy groups -OCH3 is 1. The number of rotatable bonds is 4. The molecular formula is C11H13F3O2. The molecule has 0 saturated heterocycles. The van der Waals surface area contributed by atoms with Gasteiger partial charge < -0.3 is 9.84 Å². The SMILES string of the molecule is COc1c(F)cc(C(F)F)cc1CC(C)O. The quantitative estimate of drug-likeness (QED) is 0.867. The fraction of sp³-hybridized carbons (Fsp3) is 0.455. The van der Waals surface area contributed by atoms with E-state index in [-0.39, 0.29) is 17.7 Å². The largest absolute Gasteiger partial charge is 0.493 e. The van der Waals surface area contributed by atoms with Gasteiger partial charge in [-0.1, -0.05) is 0 Å². The van der Waals surface area contributed by atoms with Crippen LogP contribution in [0.5, 0.6) is 5.75 Å². The summed E-state index contributed by atoms with van der Waals surface area (Å²) in [5, 5.41) is 9.18. The third-order valence-corrected chi connectivity index (χ3v) is 2.11. The maximum atomic E-state index is 13.4. The smallest absolute Gasteiger partial charge is 0.263 e. The van der Waals surface area contributed by atoms with Gasteiger partial charge in [-0.15, -0.1) is 0 Å². The molecule has 0 fully saturated rings. The van der Waals surface area contributed by atoms with Crippen molar-refractivity contribution in [2.45, 2.75) is 25.9 Å². The Hall–Kier alpha value is -1.23. The van der Waals surface area contributed by atoms with Gasteiger partial charge in [-0.3, -0.25) is 0 Å². The zero-order valence-electron chi connectivity index (χ0n) is 9.01. The summed E-state index contributed by atoms with van der Waals surface area (Å²) in [5.74, 6) is -0.929. The van der Waals surface area contributed by atoms with Gasteiger partial charge in [-0.25, -0.2) is 13.2 Å². The molecule has 0 amide bonds. The highest BCUT2D eigenvalue weighted by atomic mass is 19.3. The Morgan fingerprint density at radius 2 is 2.00 bits per heavy atom. The van der Waals surface area contributed by atoms with Gasteiger partial charge in [0.15, 0.2) is 11.6 Å². The lowest BCUT2D eigenvalue weighted by Crippen LogP contribution is -2.07. The molecule has 2 nitrogen and oxygen atoms in total. The van der Waals surface area contributed by atoms with Crippen LogP contribution in [0.15, 0.2) is 12.1 Å². The maximum absolute atomic E-state index is 13.4. The number of alkyl halides is 2. The van der Waals surface area contributed by atoms with E-state index in [1.54, 1.807) is 0 Å². The Labute approximate surface area is 91.7 Å². The van der Waals surface area contributed by atoms with E-state index in [0.717, 1.165) is 12.1 Å². The van der Waals surface area contributed by atoms with Gasteiger partial charge in [0.2, 0.25) is 0 Å². The minimum absolute atomic E-state index is 0.0701. The van der Waals surface area contributed by atoms with Crippen molar-refractivity contribution in [3.05, 3.63) is 29.1 Å². The topological polar surface area (TPSA) is 29.5 Å². The van der Waals surface area contributed by atoms with Gasteiger partial charge in [0, 0.05) is 17.5 Å². The van der Waals surface area contributed by atoms with E-state index < -0.39 is 23.9 Å². The minimum atomic E-state index is -2.74. The fourth-order valence-corrected chi connectivity index (χ4v) is 1.50. The van der Waals surface area contributed by atoms with Crippen molar-refractivity contribution in [1.82, 2.24) is 0 Å². The van der Waals surface area contributed by atoms with E-state index in [9.17, 15) is 18.3 Å². The van der Waals surface area contributed by atoms with E-state index in [2.05, 4.69) is 0 Å². The van der Waals surface area contributed by atoms with Gasteiger partial charge >= 0.3 is 0 Å². The molecule has 0 heterocycles. The van der Waals surface area contributed by atoms with Crippen LogP contribution in [0, 0.1) is 5.82 Å². The standard InChI is InChI=1S/C11H13F3O2/c1-6(15)3-7-4-8(11(13)14)5-9(12)10(7)16-2/h4-6,11,15H,3H2,1-2H3. The Bertz CT molecular complexity index is 364. The third kappa shape index (κ3) is 2.88. The number of benzene rings is 1. The molecule has 0 radical (unpaired) electrons. The van der Waals surface area contributed by atoms with Crippen molar-refractivity contribution < 1.29 is 23.0 Å². The molecule has 0 aliphatic carbocycles. The molecule has 0 spiro atoms. The molecule has 90 valence electrons. The van der Waals surface area contributed by atoms with Crippen molar-refractivity contribution in [3.8, 4) is 5.75 Å². The van der Waals surface area contributed by atoms with Crippen molar-refractivity contribution in [2.75, 3.05) is 7.11 Å². The Kier molecular flexibility index (Phi) is 4.18. The second kappa shape index (κ2) is 5.21. The molecule has 16 heavy (non-hydrogen) atoms. The Balaban J connectivity index is 3.19. The average Bonchev–Trinajstić information content (AvgIpc) is 2.16. The van der Waals surface area contributed by atoms with Gasteiger partial charge in [0.1, 0.15) is 0 Å². The number of hydrogen-bond donors (Lipinski definition) is 1. The molecule has 1 unspecified atom stereocenters. The fourth-order valence-electron chi connectivity index (χ4n) is 1.50.